The van der Waals surface area contributed by atoms with Crippen LogP contribution in [0.5, 0.6) is 0 Å². The Morgan fingerprint density at radius 3 is 2.50 bits per heavy atom. The molecule has 1 heterocycles. The monoisotopic (exact) mass is 327 g/mol. The zero-order chi connectivity index (χ0) is 17.9. The van der Waals surface area contributed by atoms with Crippen molar-refractivity contribution in [2.24, 2.45) is 0 Å². The average Bonchev–Trinajstić information content (AvgIpc) is 2.85. The lowest BCUT2D eigenvalue weighted by Crippen LogP contribution is -2.33. The molecular weight excluding hydrogens is 298 g/mol. The highest BCUT2D eigenvalue weighted by molar-refractivity contribution is 6.01. The number of nitriles is 1. The Labute approximate surface area is 145 Å². The standard InChI is InChI=1S/C20H29N3O/c1-14(2)22(5)20(24)18(13-21)12-17-11-15(3)23(16(17)4)19-9-7-6-8-10-19/h11-12,14,19H,6-10H2,1-5H3/b18-12+. The molecule has 1 aliphatic rings. The van der Waals surface area contributed by atoms with E-state index in [2.05, 4.69) is 30.6 Å². The van der Waals surface area contributed by atoms with Crippen LogP contribution in [0.15, 0.2) is 11.6 Å². The summed E-state index contributed by atoms with van der Waals surface area (Å²) in [7, 11) is 1.74. The summed E-state index contributed by atoms with van der Waals surface area (Å²) in [4.78, 5) is 14.1. The Balaban J connectivity index is 2.35. The minimum atomic E-state index is -0.213. The highest BCUT2D eigenvalue weighted by Crippen LogP contribution is 2.32. The smallest absolute Gasteiger partial charge is 0.264 e. The highest BCUT2D eigenvalue weighted by Gasteiger charge is 2.21. The third-order valence-electron chi connectivity index (χ3n) is 5.21. The topological polar surface area (TPSA) is 49.0 Å². The maximum atomic E-state index is 12.5. The molecule has 0 radical (unpaired) electrons. The molecule has 2 rings (SSSR count). The lowest BCUT2D eigenvalue weighted by Gasteiger charge is -2.26. The largest absolute Gasteiger partial charge is 0.346 e. The van der Waals surface area contributed by atoms with E-state index in [0.29, 0.717) is 6.04 Å². The number of hydrogen-bond acceptors (Lipinski definition) is 2. The predicted octanol–water partition coefficient (Wildman–Crippen LogP) is 4.38. The summed E-state index contributed by atoms with van der Waals surface area (Å²) in [5, 5.41) is 9.43. The fraction of sp³-hybridized carbons (Fsp3) is 0.600. The third kappa shape index (κ3) is 3.72. The molecule has 130 valence electrons. The lowest BCUT2D eigenvalue weighted by atomic mass is 9.95. The maximum Gasteiger partial charge on any atom is 0.264 e. The number of rotatable bonds is 4. The normalized spacial score (nSPS) is 16.3. The van der Waals surface area contributed by atoms with Gasteiger partial charge in [0, 0.05) is 30.5 Å². The molecule has 1 aliphatic carbocycles. The van der Waals surface area contributed by atoms with Crippen molar-refractivity contribution >= 4 is 12.0 Å². The molecule has 1 aromatic rings. The minimum absolute atomic E-state index is 0.0731. The number of carbonyl (C=O) groups excluding carboxylic acids is 1. The minimum Gasteiger partial charge on any atom is -0.346 e. The summed E-state index contributed by atoms with van der Waals surface area (Å²) < 4.78 is 2.40. The number of hydrogen-bond donors (Lipinski definition) is 0. The molecule has 4 nitrogen and oxygen atoms in total. The van der Waals surface area contributed by atoms with E-state index in [1.54, 1.807) is 18.0 Å². The first-order chi connectivity index (χ1) is 11.4. The van der Waals surface area contributed by atoms with Crippen LogP contribution in [0, 0.1) is 25.2 Å². The summed E-state index contributed by atoms with van der Waals surface area (Å²) in [6.45, 7) is 8.11. The van der Waals surface area contributed by atoms with Crippen LogP contribution in [0.3, 0.4) is 0 Å². The van der Waals surface area contributed by atoms with Crippen LogP contribution in [-0.2, 0) is 4.79 Å². The van der Waals surface area contributed by atoms with Gasteiger partial charge in [-0.05, 0) is 58.2 Å². The number of aryl methyl sites for hydroxylation is 1. The summed E-state index contributed by atoms with van der Waals surface area (Å²) >= 11 is 0. The molecule has 0 aromatic carbocycles. The number of aromatic nitrogens is 1. The first-order valence-corrected chi connectivity index (χ1v) is 8.94. The van der Waals surface area contributed by atoms with Crippen LogP contribution in [0.2, 0.25) is 0 Å². The summed E-state index contributed by atoms with van der Waals surface area (Å²) in [5.74, 6) is -0.213. The van der Waals surface area contributed by atoms with Crippen molar-refractivity contribution in [3.63, 3.8) is 0 Å². The molecular formula is C20H29N3O. The molecule has 0 spiro atoms. The van der Waals surface area contributed by atoms with Gasteiger partial charge in [-0.15, -0.1) is 0 Å². The molecule has 0 bridgehead atoms. The summed E-state index contributed by atoms with van der Waals surface area (Å²) in [6.07, 6.45) is 8.10. The number of nitrogens with zero attached hydrogens (tertiary/aromatic N) is 3. The van der Waals surface area contributed by atoms with Crippen LogP contribution in [0.1, 0.15) is 68.9 Å². The Bertz CT molecular complexity index is 670. The second kappa shape index (κ2) is 7.70. The van der Waals surface area contributed by atoms with E-state index < -0.39 is 0 Å². The zero-order valence-corrected chi connectivity index (χ0v) is 15.6. The van der Waals surface area contributed by atoms with Crippen molar-refractivity contribution in [1.29, 1.82) is 5.26 Å². The van der Waals surface area contributed by atoms with Gasteiger partial charge in [0.1, 0.15) is 11.6 Å². The molecule has 1 fully saturated rings. The first kappa shape index (κ1) is 18.3. The van der Waals surface area contributed by atoms with E-state index in [0.717, 1.165) is 11.3 Å². The molecule has 24 heavy (non-hydrogen) atoms. The van der Waals surface area contributed by atoms with Crippen molar-refractivity contribution in [1.82, 2.24) is 9.47 Å². The number of carbonyl (C=O) groups is 1. The van der Waals surface area contributed by atoms with Gasteiger partial charge in [0.2, 0.25) is 0 Å². The Hall–Kier alpha value is -2.02. The third-order valence-corrected chi connectivity index (χ3v) is 5.21. The van der Waals surface area contributed by atoms with Crippen LogP contribution >= 0.6 is 0 Å². The molecule has 1 saturated carbocycles. The van der Waals surface area contributed by atoms with Gasteiger partial charge in [-0.25, -0.2) is 0 Å². The fourth-order valence-corrected chi connectivity index (χ4v) is 3.57. The Kier molecular flexibility index (Phi) is 5.88. The van der Waals surface area contributed by atoms with Crippen LogP contribution in [0.25, 0.3) is 6.08 Å². The van der Waals surface area contributed by atoms with E-state index in [4.69, 9.17) is 0 Å². The van der Waals surface area contributed by atoms with Gasteiger partial charge in [-0.1, -0.05) is 19.3 Å². The highest BCUT2D eigenvalue weighted by atomic mass is 16.2. The average molecular weight is 327 g/mol. The van der Waals surface area contributed by atoms with E-state index >= 15 is 0 Å². The quantitative estimate of drug-likeness (QED) is 0.608. The van der Waals surface area contributed by atoms with Gasteiger partial charge >= 0.3 is 0 Å². The second-order valence-electron chi connectivity index (χ2n) is 7.17. The molecule has 0 saturated heterocycles. The van der Waals surface area contributed by atoms with Crippen molar-refractivity contribution in [3.8, 4) is 6.07 Å². The van der Waals surface area contributed by atoms with E-state index in [1.165, 1.54) is 37.8 Å². The van der Waals surface area contributed by atoms with Gasteiger partial charge in [0.25, 0.3) is 5.91 Å². The van der Waals surface area contributed by atoms with Gasteiger partial charge < -0.3 is 9.47 Å². The molecule has 0 unspecified atom stereocenters. The van der Waals surface area contributed by atoms with Crippen LogP contribution < -0.4 is 0 Å². The Morgan fingerprint density at radius 2 is 1.96 bits per heavy atom. The maximum absolute atomic E-state index is 12.5. The zero-order valence-electron chi connectivity index (χ0n) is 15.6. The molecule has 1 aromatic heterocycles. The summed E-state index contributed by atoms with van der Waals surface area (Å²) in [5.41, 5.74) is 3.56. The van der Waals surface area contributed by atoms with Crippen molar-refractivity contribution in [2.45, 2.75) is 71.9 Å². The number of likely N-dealkylation sites (N-methyl/N-ethyl adjacent to an activating group) is 1. The van der Waals surface area contributed by atoms with Crippen LogP contribution in [0.4, 0.5) is 0 Å². The molecule has 0 N–H and O–H groups in total. The molecule has 0 aliphatic heterocycles. The Morgan fingerprint density at radius 1 is 1.33 bits per heavy atom. The predicted molar refractivity (Wildman–Crippen MR) is 97.5 cm³/mol. The van der Waals surface area contributed by atoms with Crippen molar-refractivity contribution in [3.05, 3.63) is 28.6 Å². The van der Waals surface area contributed by atoms with E-state index in [1.807, 2.05) is 13.8 Å². The van der Waals surface area contributed by atoms with Crippen LogP contribution in [-0.4, -0.2) is 28.5 Å². The van der Waals surface area contributed by atoms with Crippen molar-refractivity contribution in [2.75, 3.05) is 7.05 Å². The molecule has 1 amide bonds. The van der Waals surface area contributed by atoms with Gasteiger partial charge in [0.15, 0.2) is 0 Å². The van der Waals surface area contributed by atoms with Gasteiger partial charge in [-0.3, -0.25) is 4.79 Å². The van der Waals surface area contributed by atoms with Crippen molar-refractivity contribution < 1.29 is 4.79 Å². The fourth-order valence-electron chi connectivity index (χ4n) is 3.57. The second-order valence-corrected chi connectivity index (χ2v) is 7.17. The van der Waals surface area contributed by atoms with Gasteiger partial charge in [0.05, 0.1) is 0 Å². The number of amides is 1. The molecule has 4 heteroatoms. The SMILES string of the molecule is Cc1cc(/C=C(\C#N)C(=O)N(C)C(C)C)c(C)n1C1CCCCC1. The summed E-state index contributed by atoms with van der Waals surface area (Å²) in [6, 6.07) is 4.81. The lowest BCUT2D eigenvalue weighted by molar-refractivity contribution is -0.126. The van der Waals surface area contributed by atoms with E-state index in [9.17, 15) is 10.1 Å². The van der Waals surface area contributed by atoms with E-state index in [-0.39, 0.29) is 17.5 Å². The first-order valence-electron chi connectivity index (χ1n) is 8.94. The molecule has 0 atom stereocenters. The van der Waals surface area contributed by atoms with Gasteiger partial charge in [-0.2, -0.15) is 5.26 Å².